The van der Waals surface area contributed by atoms with E-state index in [1.807, 2.05) is 0 Å². The van der Waals surface area contributed by atoms with Crippen LogP contribution >= 0.6 is 0 Å². The Hall–Kier alpha value is -1.01. The summed E-state index contributed by atoms with van der Waals surface area (Å²) in [6.07, 6.45) is 2.46. The Labute approximate surface area is 57.3 Å². The van der Waals surface area contributed by atoms with Crippen molar-refractivity contribution in [2.24, 2.45) is 9.98 Å². The SMILES string of the molecule is O=C1N=CC=NC1B(O)O. The highest BCUT2D eigenvalue weighted by Crippen LogP contribution is 1.98. The average Bonchev–Trinajstić information content (AvgIpc) is 1.88. The molecule has 1 amide bonds. The van der Waals surface area contributed by atoms with Crippen LogP contribution in [0.25, 0.3) is 0 Å². The van der Waals surface area contributed by atoms with Crippen LogP contribution in [0.5, 0.6) is 0 Å². The van der Waals surface area contributed by atoms with Crippen LogP contribution in [0.4, 0.5) is 0 Å². The van der Waals surface area contributed by atoms with E-state index in [0.717, 1.165) is 0 Å². The van der Waals surface area contributed by atoms with Gasteiger partial charge >= 0.3 is 7.12 Å². The Morgan fingerprint density at radius 2 is 2.20 bits per heavy atom. The minimum atomic E-state index is -1.75. The van der Waals surface area contributed by atoms with E-state index in [4.69, 9.17) is 10.0 Å². The van der Waals surface area contributed by atoms with Crippen LogP contribution in [0.2, 0.25) is 0 Å². The van der Waals surface area contributed by atoms with Crippen molar-refractivity contribution < 1.29 is 14.8 Å². The summed E-state index contributed by atoms with van der Waals surface area (Å²) < 4.78 is 0. The summed E-state index contributed by atoms with van der Waals surface area (Å²) in [6, 6.07) is 0. The summed E-state index contributed by atoms with van der Waals surface area (Å²) in [4.78, 5) is 17.4. The molecule has 0 fully saturated rings. The Balaban J connectivity index is 2.70. The second-order valence-electron chi connectivity index (χ2n) is 1.77. The maximum Gasteiger partial charge on any atom is 0.488 e. The molecular weight excluding hydrogens is 135 g/mol. The molecule has 0 aromatic heterocycles. The average molecular weight is 140 g/mol. The first kappa shape index (κ1) is 7.11. The maximum absolute atomic E-state index is 10.6. The lowest BCUT2D eigenvalue weighted by Crippen LogP contribution is -2.37. The molecule has 0 aliphatic carbocycles. The summed E-state index contributed by atoms with van der Waals surface area (Å²) in [5.41, 5.74) is 0. The van der Waals surface area contributed by atoms with Crippen molar-refractivity contribution in [1.29, 1.82) is 0 Å². The van der Waals surface area contributed by atoms with Crippen molar-refractivity contribution in [3.05, 3.63) is 0 Å². The number of hydrogen-bond acceptors (Lipinski definition) is 4. The zero-order valence-electron chi connectivity index (χ0n) is 5.01. The van der Waals surface area contributed by atoms with Gasteiger partial charge in [-0.1, -0.05) is 0 Å². The molecule has 1 rings (SSSR count). The maximum atomic E-state index is 10.6. The Bertz CT molecular complexity index is 201. The summed E-state index contributed by atoms with van der Waals surface area (Å²) in [5, 5.41) is 17.0. The highest BCUT2D eigenvalue weighted by molar-refractivity contribution is 6.50. The molecule has 0 saturated carbocycles. The van der Waals surface area contributed by atoms with Crippen LogP contribution in [-0.2, 0) is 4.79 Å². The van der Waals surface area contributed by atoms with E-state index in [9.17, 15) is 4.79 Å². The van der Waals surface area contributed by atoms with Gasteiger partial charge in [0, 0.05) is 12.4 Å². The molecule has 0 saturated heterocycles. The van der Waals surface area contributed by atoms with Gasteiger partial charge in [0.25, 0.3) is 5.91 Å². The largest absolute Gasteiger partial charge is 0.488 e. The van der Waals surface area contributed by atoms with E-state index in [1.54, 1.807) is 0 Å². The van der Waals surface area contributed by atoms with Crippen molar-refractivity contribution in [3.63, 3.8) is 0 Å². The van der Waals surface area contributed by atoms with Gasteiger partial charge in [-0.2, -0.15) is 0 Å². The van der Waals surface area contributed by atoms with Crippen molar-refractivity contribution in [3.8, 4) is 0 Å². The van der Waals surface area contributed by atoms with Crippen LogP contribution < -0.4 is 0 Å². The minimum Gasteiger partial charge on any atom is -0.425 e. The van der Waals surface area contributed by atoms with E-state index in [2.05, 4.69) is 9.98 Å². The van der Waals surface area contributed by atoms with Crippen molar-refractivity contribution in [2.75, 3.05) is 0 Å². The predicted molar refractivity (Wildman–Crippen MR) is 36.0 cm³/mol. The lowest BCUT2D eigenvalue weighted by Gasteiger charge is -2.07. The van der Waals surface area contributed by atoms with Crippen molar-refractivity contribution in [1.82, 2.24) is 0 Å². The van der Waals surface area contributed by atoms with Crippen LogP contribution in [0.15, 0.2) is 9.98 Å². The minimum absolute atomic E-state index is 0.627. The molecular formula is C4H5BN2O3. The first-order valence-electron chi connectivity index (χ1n) is 2.67. The molecule has 0 aromatic carbocycles. The van der Waals surface area contributed by atoms with Gasteiger partial charge < -0.3 is 10.0 Å². The van der Waals surface area contributed by atoms with E-state index >= 15 is 0 Å². The third-order valence-corrected chi connectivity index (χ3v) is 1.05. The molecule has 0 spiro atoms. The quantitative estimate of drug-likeness (QED) is 0.415. The molecule has 5 nitrogen and oxygen atoms in total. The van der Waals surface area contributed by atoms with Crippen LogP contribution in [0.3, 0.4) is 0 Å². The van der Waals surface area contributed by atoms with Gasteiger partial charge in [-0.25, -0.2) is 4.99 Å². The lowest BCUT2D eigenvalue weighted by atomic mass is 9.79. The molecule has 1 unspecified atom stereocenters. The molecule has 10 heavy (non-hydrogen) atoms. The predicted octanol–water partition coefficient (Wildman–Crippen LogP) is -1.95. The van der Waals surface area contributed by atoms with Gasteiger partial charge in [-0.05, 0) is 0 Å². The third kappa shape index (κ3) is 1.28. The number of nitrogens with zero attached hydrogens (tertiary/aromatic N) is 2. The van der Waals surface area contributed by atoms with Crippen LogP contribution in [0.1, 0.15) is 0 Å². The van der Waals surface area contributed by atoms with Gasteiger partial charge in [0.1, 0.15) is 0 Å². The van der Waals surface area contributed by atoms with Crippen LogP contribution in [-0.4, -0.2) is 41.4 Å². The Kier molecular flexibility index (Phi) is 1.93. The second kappa shape index (κ2) is 2.72. The fraction of sp³-hybridized carbons (Fsp3) is 0.250. The molecule has 52 valence electrons. The highest BCUT2D eigenvalue weighted by atomic mass is 16.4. The number of amides is 1. The molecule has 1 aliphatic heterocycles. The Morgan fingerprint density at radius 1 is 1.50 bits per heavy atom. The molecule has 1 atom stereocenters. The van der Waals surface area contributed by atoms with Crippen molar-refractivity contribution >= 4 is 25.5 Å². The molecule has 0 radical (unpaired) electrons. The molecule has 0 bridgehead atoms. The normalized spacial score (nSPS) is 23.4. The molecule has 1 heterocycles. The second-order valence-corrected chi connectivity index (χ2v) is 1.77. The lowest BCUT2D eigenvalue weighted by molar-refractivity contribution is -0.117. The first-order valence-corrected chi connectivity index (χ1v) is 2.67. The summed E-state index contributed by atoms with van der Waals surface area (Å²) in [5.74, 6) is -1.76. The van der Waals surface area contributed by atoms with E-state index in [1.165, 1.54) is 12.4 Å². The van der Waals surface area contributed by atoms with Crippen LogP contribution in [0, 0.1) is 0 Å². The molecule has 0 aromatic rings. The number of carbonyl (C=O) groups excluding carboxylic acids is 1. The fourth-order valence-electron chi connectivity index (χ4n) is 0.583. The molecule has 1 aliphatic rings. The zero-order chi connectivity index (χ0) is 7.56. The number of carbonyl (C=O) groups is 1. The number of rotatable bonds is 1. The van der Waals surface area contributed by atoms with E-state index < -0.39 is 19.0 Å². The smallest absolute Gasteiger partial charge is 0.425 e. The van der Waals surface area contributed by atoms with E-state index in [-0.39, 0.29) is 0 Å². The topological polar surface area (TPSA) is 82.2 Å². The fourth-order valence-corrected chi connectivity index (χ4v) is 0.583. The summed E-state index contributed by atoms with van der Waals surface area (Å²) in [7, 11) is -1.75. The summed E-state index contributed by atoms with van der Waals surface area (Å²) in [6.45, 7) is 0. The van der Waals surface area contributed by atoms with Gasteiger partial charge in [-0.3, -0.25) is 9.79 Å². The van der Waals surface area contributed by atoms with Crippen molar-refractivity contribution in [2.45, 2.75) is 5.94 Å². The van der Waals surface area contributed by atoms with Gasteiger partial charge in [0.05, 0.1) is 0 Å². The standard InChI is InChI=1S/C4H5BN2O3/c8-4-3(5(9)10)6-1-2-7-4/h1-3,9-10H. The van der Waals surface area contributed by atoms with Gasteiger partial charge in [-0.15, -0.1) is 0 Å². The first-order chi connectivity index (χ1) is 4.72. The zero-order valence-corrected chi connectivity index (χ0v) is 5.01. The third-order valence-electron chi connectivity index (χ3n) is 1.05. The Morgan fingerprint density at radius 3 is 2.60 bits per heavy atom. The van der Waals surface area contributed by atoms with Gasteiger partial charge in [0.2, 0.25) is 0 Å². The van der Waals surface area contributed by atoms with Gasteiger partial charge in [0.15, 0.2) is 5.94 Å². The number of aliphatic imine (C=N–C) groups is 2. The van der Waals surface area contributed by atoms with E-state index in [0.29, 0.717) is 0 Å². The highest BCUT2D eigenvalue weighted by Gasteiger charge is 2.30. The molecule has 6 heteroatoms. The monoisotopic (exact) mass is 140 g/mol. The summed E-state index contributed by atoms with van der Waals surface area (Å²) >= 11 is 0. The molecule has 2 N–H and O–H groups in total. The number of hydrogen-bond donors (Lipinski definition) is 2.